The number of hydrogen-bond acceptors (Lipinski definition) is 4. The Balaban J connectivity index is 1.99. The molecule has 1 fully saturated rings. The lowest BCUT2D eigenvalue weighted by molar-refractivity contribution is -0.141. The van der Waals surface area contributed by atoms with Gasteiger partial charge in [0.15, 0.2) is 11.5 Å². The standard InChI is InChI=1S/C12H15F3N4O/c1-2-11(20)19-7-5-18(6-8-19)10-4-3-9(16-17-10)12(13,14)15/h3-4H,2,5-8H2,1H3. The molecule has 20 heavy (non-hydrogen) atoms. The zero-order valence-corrected chi connectivity index (χ0v) is 11.0. The quantitative estimate of drug-likeness (QED) is 0.828. The minimum absolute atomic E-state index is 0.0863. The summed E-state index contributed by atoms with van der Waals surface area (Å²) in [5.74, 6) is 0.491. The zero-order valence-electron chi connectivity index (χ0n) is 11.0. The van der Waals surface area contributed by atoms with Crippen LogP contribution in [0.2, 0.25) is 0 Å². The number of rotatable bonds is 2. The van der Waals surface area contributed by atoms with E-state index in [1.165, 1.54) is 6.07 Å². The van der Waals surface area contributed by atoms with Crippen molar-refractivity contribution < 1.29 is 18.0 Å². The number of halogens is 3. The number of hydrogen-bond donors (Lipinski definition) is 0. The maximum Gasteiger partial charge on any atom is 0.435 e. The van der Waals surface area contributed by atoms with Crippen LogP contribution in [0, 0.1) is 0 Å². The Morgan fingerprint density at radius 1 is 1.20 bits per heavy atom. The number of alkyl halides is 3. The van der Waals surface area contributed by atoms with Gasteiger partial charge in [0.1, 0.15) is 0 Å². The van der Waals surface area contributed by atoms with E-state index in [2.05, 4.69) is 10.2 Å². The average molecular weight is 288 g/mol. The molecule has 2 rings (SSSR count). The summed E-state index contributed by atoms with van der Waals surface area (Å²) < 4.78 is 37.1. The van der Waals surface area contributed by atoms with Crippen LogP contribution in [0.25, 0.3) is 0 Å². The fourth-order valence-electron chi connectivity index (χ4n) is 2.05. The molecule has 110 valence electrons. The van der Waals surface area contributed by atoms with Gasteiger partial charge < -0.3 is 9.80 Å². The Kier molecular flexibility index (Phi) is 4.10. The molecule has 1 aliphatic rings. The van der Waals surface area contributed by atoms with Crippen molar-refractivity contribution in [1.82, 2.24) is 15.1 Å². The van der Waals surface area contributed by atoms with E-state index in [1.807, 2.05) is 4.90 Å². The van der Waals surface area contributed by atoms with Crippen LogP contribution in [-0.4, -0.2) is 47.2 Å². The van der Waals surface area contributed by atoms with E-state index in [0.29, 0.717) is 38.4 Å². The SMILES string of the molecule is CCC(=O)N1CCN(c2ccc(C(F)(F)F)nn2)CC1. The van der Waals surface area contributed by atoms with Gasteiger partial charge in [0.2, 0.25) is 5.91 Å². The van der Waals surface area contributed by atoms with Crippen LogP contribution < -0.4 is 4.90 Å². The van der Waals surface area contributed by atoms with E-state index in [9.17, 15) is 18.0 Å². The van der Waals surface area contributed by atoms with Gasteiger partial charge in [-0.05, 0) is 12.1 Å². The van der Waals surface area contributed by atoms with Crippen LogP contribution in [0.4, 0.5) is 19.0 Å². The normalized spacial score (nSPS) is 16.4. The van der Waals surface area contributed by atoms with Crippen molar-refractivity contribution in [1.29, 1.82) is 0 Å². The van der Waals surface area contributed by atoms with Crippen LogP contribution in [0.1, 0.15) is 19.0 Å². The van der Waals surface area contributed by atoms with E-state index in [-0.39, 0.29) is 5.91 Å². The van der Waals surface area contributed by atoms with Crippen molar-refractivity contribution in [3.63, 3.8) is 0 Å². The first-order chi connectivity index (χ1) is 9.41. The van der Waals surface area contributed by atoms with Gasteiger partial charge in [0.05, 0.1) is 0 Å². The van der Waals surface area contributed by atoms with E-state index in [1.54, 1.807) is 11.8 Å². The highest BCUT2D eigenvalue weighted by Crippen LogP contribution is 2.27. The van der Waals surface area contributed by atoms with Gasteiger partial charge in [-0.2, -0.15) is 13.2 Å². The highest BCUT2D eigenvalue weighted by Gasteiger charge is 2.33. The highest BCUT2D eigenvalue weighted by molar-refractivity contribution is 5.76. The van der Waals surface area contributed by atoms with Crippen LogP contribution >= 0.6 is 0 Å². The van der Waals surface area contributed by atoms with E-state index < -0.39 is 11.9 Å². The molecule has 1 saturated heterocycles. The molecule has 0 unspecified atom stereocenters. The van der Waals surface area contributed by atoms with Gasteiger partial charge >= 0.3 is 6.18 Å². The molecular formula is C12H15F3N4O. The maximum absolute atomic E-state index is 12.4. The first kappa shape index (κ1) is 14.5. The van der Waals surface area contributed by atoms with Gasteiger partial charge in [-0.15, -0.1) is 10.2 Å². The third-order valence-corrected chi connectivity index (χ3v) is 3.20. The zero-order chi connectivity index (χ0) is 14.8. The molecule has 1 amide bonds. The highest BCUT2D eigenvalue weighted by atomic mass is 19.4. The second-order valence-corrected chi connectivity index (χ2v) is 4.50. The van der Waals surface area contributed by atoms with E-state index in [4.69, 9.17) is 0 Å². The van der Waals surface area contributed by atoms with Crippen LogP contribution in [-0.2, 0) is 11.0 Å². The van der Waals surface area contributed by atoms with Gasteiger partial charge in [0.25, 0.3) is 0 Å². The number of piperazine rings is 1. The first-order valence-corrected chi connectivity index (χ1v) is 6.35. The molecule has 1 aliphatic heterocycles. The maximum atomic E-state index is 12.4. The van der Waals surface area contributed by atoms with Crippen LogP contribution in [0.5, 0.6) is 0 Å². The number of carbonyl (C=O) groups excluding carboxylic acids is 1. The second-order valence-electron chi connectivity index (χ2n) is 4.50. The Labute approximate surface area is 114 Å². The molecule has 0 N–H and O–H groups in total. The Morgan fingerprint density at radius 3 is 2.30 bits per heavy atom. The molecule has 1 aromatic heterocycles. The lowest BCUT2D eigenvalue weighted by Crippen LogP contribution is -2.48. The molecule has 0 bridgehead atoms. The summed E-state index contributed by atoms with van der Waals surface area (Å²) in [6.45, 7) is 4.00. The van der Waals surface area contributed by atoms with Crippen molar-refractivity contribution in [3.05, 3.63) is 17.8 Å². The Bertz CT molecular complexity index is 467. The first-order valence-electron chi connectivity index (χ1n) is 6.35. The molecule has 0 aliphatic carbocycles. The summed E-state index contributed by atoms with van der Waals surface area (Å²) in [4.78, 5) is 15.1. The predicted molar refractivity (Wildman–Crippen MR) is 66.1 cm³/mol. The smallest absolute Gasteiger partial charge is 0.352 e. The third-order valence-electron chi connectivity index (χ3n) is 3.20. The number of carbonyl (C=O) groups is 1. The van der Waals surface area contributed by atoms with Crippen molar-refractivity contribution >= 4 is 11.7 Å². The summed E-state index contributed by atoms with van der Waals surface area (Å²) in [6.07, 6.45) is -4.02. The predicted octanol–water partition coefficient (Wildman–Crippen LogP) is 1.55. The van der Waals surface area contributed by atoms with Gasteiger partial charge in [-0.25, -0.2) is 0 Å². The topological polar surface area (TPSA) is 49.3 Å². The molecule has 1 aromatic rings. The number of nitrogens with zero attached hydrogens (tertiary/aromatic N) is 4. The van der Waals surface area contributed by atoms with E-state index in [0.717, 1.165) is 6.07 Å². The number of anilines is 1. The average Bonchev–Trinajstić information content (AvgIpc) is 2.46. The van der Waals surface area contributed by atoms with Gasteiger partial charge in [-0.3, -0.25) is 4.79 Å². The molecule has 2 heterocycles. The second kappa shape index (κ2) is 5.64. The van der Waals surface area contributed by atoms with Gasteiger partial charge in [0, 0.05) is 32.6 Å². The van der Waals surface area contributed by atoms with Crippen molar-refractivity contribution in [2.24, 2.45) is 0 Å². The minimum Gasteiger partial charge on any atom is -0.352 e. The Hall–Kier alpha value is -1.86. The summed E-state index contributed by atoms with van der Waals surface area (Å²) >= 11 is 0. The number of aromatic nitrogens is 2. The lowest BCUT2D eigenvalue weighted by atomic mass is 10.2. The lowest BCUT2D eigenvalue weighted by Gasteiger charge is -2.35. The molecule has 0 radical (unpaired) electrons. The number of amides is 1. The summed E-state index contributed by atoms with van der Waals surface area (Å²) in [5.41, 5.74) is -0.999. The fourth-order valence-corrected chi connectivity index (χ4v) is 2.05. The Morgan fingerprint density at radius 2 is 1.85 bits per heavy atom. The van der Waals surface area contributed by atoms with Crippen LogP contribution in [0.15, 0.2) is 12.1 Å². The summed E-state index contributed by atoms with van der Waals surface area (Å²) in [7, 11) is 0. The van der Waals surface area contributed by atoms with Gasteiger partial charge in [-0.1, -0.05) is 6.92 Å². The summed E-state index contributed by atoms with van der Waals surface area (Å²) in [5, 5.41) is 6.81. The fraction of sp³-hybridized carbons (Fsp3) is 0.583. The molecule has 0 aromatic carbocycles. The van der Waals surface area contributed by atoms with E-state index >= 15 is 0 Å². The minimum atomic E-state index is -4.47. The monoisotopic (exact) mass is 288 g/mol. The van der Waals surface area contributed by atoms with Crippen molar-refractivity contribution in [2.75, 3.05) is 31.1 Å². The van der Waals surface area contributed by atoms with Crippen molar-refractivity contribution in [3.8, 4) is 0 Å². The third kappa shape index (κ3) is 3.17. The van der Waals surface area contributed by atoms with Crippen LogP contribution in [0.3, 0.4) is 0 Å². The molecule has 0 saturated carbocycles. The molecule has 8 heteroatoms. The van der Waals surface area contributed by atoms with Crippen molar-refractivity contribution in [2.45, 2.75) is 19.5 Å². The molecule has 0 spiro atoms. The largest absolute Gasteiger partial charge is 0.435 e. The molecular weight excluding hydrogens is 273 g/mol. The summed E-state index contributed by atoms with van der Waals surface area (Å²) in [6, 6.07) is 2.24. The molecule has 5 nitrogen and oxygen atoms in total. The molecule has 0 atom stereocenters.